The number of aromatic nitrogens is 1. The largest absolute Gasteiger partial charge is 0.507 e. The monoisotopic (exact) mass is 520 g/mol. The number of carbonyl (C=O) groups excluding carboxylic acids is 2. The molecule has 5 rings (SSSR count). The van der Waals surface area contributed by atoms with Gasteiger partial charge >= 0.3 is 0 Å². The number of aryl methyl sites for hydroxylation is 1. The molecule has 1 N–H and O–H groups in total. The van der Waals surface area contributed by atoms with Gasteiger partial charge in [-0.25, -0.2) is 0 Å². The van der Waals surface area contributed by atoms with Gasteiger partial charge in [0, 0.05) is 24.5 Å². The summed E-state index contributed by atoms with van der Waals surface area (Å²) in [6.45, 7) is 2.61. The van der Waals surface area contributed by atoms with E-state index in [4.69, 9.17) is 9.47 Å². The van der Waals surface area contributed by atoms with Crippen LogP contribution in [-0.2, 0) is 22.7 Å². The number of hydrogen-bond donors (Lipinski definition) is 1. The quantitative estimate of drug-likeness (QED) is 0.185. The summed E-state index contributed by atoms with van der Waals surface area (Å²) in [5, 5.41) is 11.4. The maximum absolute atomic E-state index is 13.3. The fourth-order valence-corrected chi connectivity index (χ4v) is 4.72. The molecule has 1 aliphatic heterocycles. The Morgan fingerprint density at radius 2 is 1.64 bits per heavy atom. The number of carbonyl (C=O) groups is 2. The highest BCUT2D eigenvalue weighted by molar-refractivity contribution is 6.46. The molecule has 0 unspecified atom stereocenters. The molecule has 0 saturated carbocycles. The van der Waals surface area contributed by atoms with E-state index in [1.165, 1.54) is 4.90 Å². The van der Waals surface area contributed by atoms with E-state index < -0.39 is 17.7 Å². The number of methoxy groups -OCH3 is 1. The zero-order chi connectivity index (χ0) is 27.4. The second-order valence-corrected chi connectivity index (χ2v) is 9.36. The van der Waals surface area contributed by atoms with Crippen LogP contribution in [0.4, 0.5) is 0 Å². The van der Waals surface area contributed by atoms with Crippen molar-refractivity contribution in [3.8, 4) is 11.5 Å². The highest BCUT2D eigenvalue weighted by Crippen LogP contribution is 2.41. The third-order valence-corrected chi connectivity index (χ3v) is 6.67. The number of ketones is 1. The minimum atomic E-state index is -0.800. The zero-order valence-electron chi connectivity index (χ0n) is 21.7. The number of hydrogen-bond acceptors (Lipinski definition) is 6. The molecule has 1 saturated heterocycles. The van der Waals surface area contributed by atoms with Gasteiger partial charge in [-0.3, -0.25) is 14.6 Å². The Labute approximate surface area is 227 Å². The molecule has 3 aromatic carbocycles. The molecule has 0 bridgehead atoms. The predicted molar refractivity (Wildman–Crippen MR) is 147 cm³/mol. The first kappa shape index (κ1) is 25.7. The first-order chi connectivity index (χ1) is 18.9. The highest BCUT2D eigenvalue weighted by atomic mass is 16.5. The average molecular weight is 521 g/mol. The second-order valence-electron chi connectivity index (χ2n) is 9.36. The molecule has 0 spiro atoms. The number of pyridine rings is 1. The molecular weight excluding hydrogens is 492 g/mol. The molecule has 1 fully saturated rings. The van der Waals surface area contributed by atoms with Crippen LogP contribution in [0.15, 0.2) is 103 Å². The third-order valence-electron chi connectivity index (χ3n) is 6.67. The van der Waals surface area contributed by atoms with Gasteiger partial charge in [-0.2, -0.15) is 0 Å². The van der Waals surface area contributed by atoms with Gasteiger partial charge in [0.25, 0.3) is 11.7 Å². The van der Waals surface area contributed by atoms with E-state index in [2.05, 4.69) is 11.1 Å². The number of rotatable bonds is 8. The van der Waals surface area contributed by atoms with Crippen molar-refractivity contribution in [2.24, 2.45) is 0 Å². The molecule has 1 amide bonds. The number of aliphatic hydroxyl groups excluding tert-OH is 1. The molecule has 7 heteroatoms. The first-order valence-electron chi connectivity index (χ1n) is 12.5. The molecule has 2 heterocycles. The number of nitrogens with zero attached hydrogens (tertiary/aromatic N) is 2. The molecule has 0 radical (unpaired) electrons. The number of benzene rings is 3. The van der Waals surface area contributed by atoms with Crippen LogP contribution in [0.1, 0.15) is 33.9 Å². The van der Waals surface area contributed by atoms with Crippen molar-refractivity contribution in [1.82, 2.24) is 9.88 Å². The molecule has 39 heavy (non-hydrogen) atoms. The fraction of sp³-hybridized carbons (Fsp3) is 0.156. The maximum atomic E-state index is 13.3. The summed E-state index contributed by atoms with van der Waals surface area (Å²) in [7, 11) is 1.55. The maximum Gasteiger partial charge on any atom is 0.295 e. The van der Waals surface area contributed by atoms with E-state index in [9.17, 15) is 14.7 Å². The van der Waals surface area contributed by atoms with E-state index in [1.807, 2.05) is 31.2 Å². The van der Waals surface area contributed by atoms with Crippen LogP contribution in [0.5, 0.6) is 11.5 Å². The number of Topliss-reactive ketones (excluding diaryl/α,β-unsaturated/α-hetero) is 1. The smallest absolute Gasteiger partial charge is 0.295 e. The highest BCUT2D eigenvalue weighted by Gasteiger charge is 2.46. The number of likely N-dealkylation sites (tertiary alicyclic amines) is 1. The summed E-state index contributed by atoms with van der Waals surface area (Å²) in [6.07, 6.45) is 3.27. The Bertz CT molecular complexity index is 1530. The Morgan fingerprint density at radius 1 is 0.897 bits per heavy atom. The van der Waals surface area contributed by atoms with Crippen molar-refractivity contribution >= 4 is 17.4 Å². The Morgan fingerprint density at radius 3 is 2.36 bits per heavy atom. The molecule has 7 nitrogen and oxygen atoms in total. The predicted octanol–water partition coefficient (Wildman–Crippen LogP) is 5.60. The van der Waals surface area contributed by atoms with Crippen LogP contribution >= 0.6 is 0 Å². The number of amides is 1. The molecule has 1 aliphatic rings. The molecule has 1 aromatic heterocycles. The van der Waals surface area contributed by atoms with Crippen LogP contribution < -0.4 is 9.47 Å². The third kappa shape index (κ3) is 5.52. The van der Waals surface area contributed by atoms with Gasteiger partial charge in [0.05, 0.1) is 18.7 Å². The van der Waals surface area contributed by atoms with Crippen LogP contribution in [0.2, 0.25) is 0 Å². The minimum absolute atomic E-state index is 0.0238. The van der Waals surface area contributed by atoms with Crippen molar-refractivity contribution in [1.29, 1.82) is 0 Å². The van der Waals surface area contributed by atoms with E-state index in [0.29, 0.717) is 29.2 Å². The molecule has 4 aromatic rings. The Hall–Kier alpha value is -4.91. The molecule has 196 valence electrons. The van der Waals surface area contributed by atoms with Crippen LogP contribution in [-0.4, -0.2) is 33.8 Å². The van der Waals surface area contributed by atoms with Crippen molar-refractivity contribution in [2.45, 2.75) is 26.1 Å². The fourth-order valence-electron chi connectivity index (χ4n) is 4.72. The normalized spacial score (nSPS) is 16.4. The molecular formula is C32H28N2O5. The Kier molecular flexibility index (Phi) is 7.41. The number of aliphatic hydroxyl groups is 1. The van der Waals surface area contributed by atoms with Gasteiger partial charge in [0.2, 0.25) is 0 Å². The lowest BCUT2D eigenvalue weighted by atomic mass is 9.95. The lowest BCUT2D eigenvalue weighted by Crippen LogP contribution is -2.29. The SMILES string of the molecule is COc1cccc([C@H]2/C(=C(\O)c3ccc(OCc4cccc(C)c4)cc3)C(=O)C(=O)N2Cc2ccncc2)c1. The van der Waals surface area contributed by atoms with Crippen LogP contribution in [0, 0.1) is 6.92 Å². The van der Waals surface area contributed by atoms with Gasteiger partial charge in [0.15, 0.2) is 0 Å². The van der Waals surface area contributed by atoms with Crippen LogP contribution in [0.3, 0.4) is 0 Å². The van der Waals surface area contributed by atoms with E-state index in [-0.39, 0.29) is 17.9 Å². The van der Waals surface area contributed by atoms with Gasteiger partial charge in [-0.05, 0) is 72.1 Å². The van der Waals surface area contributed by atoms with Gasteiger partial charge in [0.1, 0.15) is 23.9 Å². The van der Waals surface area contributed by atoms with Gasteiger partial charge in [-0.1, -0.05) is 42.0 Å². The molecule has 1 atom stereocenters. The van der Waals surface area contributed by atoms with Crippen molar-refractivity contribution in [3.05, 3.63) is 131 Å². The molecule has 0 aliphatic carbocycles. The zero-order valence-corrected chi connectivity index (χ0v) is 21.7. The summed E-state index contributed by atoms with van der Waals surface area (Å²) in [6, 6.07) is 24.8. The second kappa shape index (κ2) is 11.2. The van der Waals surface area contributed by atoms with E-state index >= 15 is 0 Å². The summed E-state index contributed by atoms with van der Waals surface area (Å²) in [4.78, 5) is 32.1. The van der Waals surface area contributed by atoms with E-state index in [0.717, 1.165) is 16.7 Å². The Balaban J connectivity index is 1.48. The summed E-state index contributed by atoms with van der Waals surface area (Å²) in [5.41, 5.74) is 4.11. The van der Waals surface area contributed by atoms with Crippen molar-refractivity contribution in [2.75, 3.05) is 7.11 Å². The van der Waals surface area contributed by atoms with Crippen molar-refractivity contribution in [3.63, 3.8) is 0 Å². The minimum Gasteiger partial charge on any atom is -0.507 e. The summed E-state index contributed by atoms with van der Waals surface area (Å²) in [5.74, 6) is -0.468. The lowest BCUT2D eigenvalue weighted by Gasteiger charge is -2.25. The van der Waals surface area contributed by atoms with Crippen molar-refractivity contribution < 1.29 is 24.2 Å². The van der Waals surface area contributed by atoms with Gasteiger partial charge < -0.3 is 19.5 Å². The topological polar surface area (TPSA) is 89.0 Å². The summed E-state index contributed by atoms with van der Waals surface area (Å²) < 4.78 is 11.3. The number of ether oxygens (including phenoxy) is 2. The standard InChI is InChI=1S/C32H28N2O5/c1-21-5-3-6-23(17-21)20-39-26-11-9-24(10-12-26)30(35)28-29(25-7-4-8-27(18-25)38-2)34(32(37)31(28)36)19-22-13-15-33-16-14-22/h3-18,29,35H,19-20H2,1-2H3/b30-28+/t29-/m0/s1. The lowest BCUT2D eigenvalue weighted by molar-refractivity contribution is -0.140. The summed E-state index contributed by atoms with van der Waals surface area (Å²) >= 11 is 0. The first-order valence-corrected chi connectivity index (χ1v) is 12.5. The van der Waals surface area contributed by atoms with Gasteiger partial charge in [-0.15, -0.1) is 0 Å². The average Bonchev–Trinajstić information content (AvgIpc) is 3.21. The van der Waals surface area contributed by atoms with Crippen LogP contribution in [0.25, 0.3) is 5.76 Å². The van der Waals surface area contributed by atoms with E-state index in [1.54, 1.807) is 74.1 Å².